The van der Waals surface area contributed by atoms with Gasteiger partial charge in [-0.2, -0.15) is 0 Å². The van der Waals surface area contributed by atoms with Crippen LogP contribution in [-0.4, -0.2) is 23.0 Å². The number of anilines is 1. The highest BCUT2D eigenvalue weighted by atomic mass is 19.1. The molecule has 4 N–H and O–H groups in total. The molecule has 0 bridgehead atoms. The van der Waals surface area contributed by atoms with Crippen molar-refractivity contribution in [3.05, 3.63) is 29.6 Å². The van der Waals surface area contributed by atoms with Gasteiger partial charge in [0.05, 0.1) is 12.5 Å². The second-order valence-electron chi connectivity index (χ2n) is 3.44. The summed E-state index contributed by atoms with van der Waals surface area (Å²) in [6.07, 6.45) is -0.698. The Balaban J connectivity index is 2.85. The summed E-state index contributed by atoms with van der Waals surface area (Å²) in [5.41, 5.74) is 4.31. The van der Waals surface area contributed by atoms with E-state index in [4.69, 9.17) is 10.8 Å². The molecule has 0 saturated heterocycles. The summed E-state index contributed by atoms with van der Waals surface area (Å²) < 4.78 is 38.9. The zero-order chi connectivity index (χ0) is 13.9. The number of hydrogen-bond acceptors (Lipinski definition) is 3. The van der Waals surface area contributed by atoms with Crippen LogP contribution in [0.3, 0.4) is 0 Å². The molecule has 98 valence electrons. The number of benzene rings is 1. The second-order valence-corrected chi connectivity index (χ2v) is 3.44. The maximum Gasteiger partial charge on any atom is 0.305 e. The van der Waals surface area contributed by atoms with Crippen molar-refractivity contribution in [1.29, 1.82) is 0 Å². The van der Waals surface area contributed by atoms with Gasteiger partial charge in [0.2, 0.25) is 5.91 Å². The van der Waals surface area contributed by atoms with Crippen molar-refractivity contribution >= 4 is 17.6 Å². The Morgan fingerprint density at radius 3 is 2.22 bits per heavy atom. The van der Waals surface area contributed by atoms with Gasteiger partial charge < -0.3 is 16.2 Å². The van der Waals surface area contributed by atoms with Gasteiger partial charge in [-0.15, -0.1) is 0 Å². The van der Waals surface area contributed by atoms with Gasteiger partial charge in [0.25, 0.3) is 0 Å². The molecule has 8 heteroatoms. The monoisotopic (exact) mass is 262 g/mol. The van der Waals surface area contributed by atoms with Gasteiger partial charge in [-0.05, 0) is 0 Å². The smallest absolute Gasteiger partial charge is 0.305 e. The fraction of sp³-hybridized carbons (Fsp3) is 0.200. The van der Waals surface area contributed by atoms with Gasteiger partial charge in [-0.25, -0.2) is 13.2 Å². The summed E-state index contributed by atoms with van der Waals surface area (Å²) in [5.74, 6) is -6.19. The van der Waals surface area contributed by atoms with Crippen LogP contribution in [0.4, 0.5) is 18.9 Å². The molecule has 18 heavy (non-hydrogen) atoms. The molecular formula is C10H9F3N2O3. The summed E-state index contributed by atoms with van der Waals surface area (Å²) in [6.45, 7) is 0. The Morgan fingerprint density at radius 2 is 1.78 bits per heavy atom. The highest BCUT2D eigenvalue weighted by Crippen LogP contribution is 2.20. The van der Waals surface area contributed by atoms with Crippen molar-refractivity contribution in [2.75, 3.05) is 5.32 Å². The van der Waals surface area contributed by atoms with Crippen LogP contribution in [0.5, 0.6) is 0 Å². The molecule has 1 amide bonds. The Morgan fingerprint density at radius 1 is 1.28 bits per heavy atom. The lowest BCUT2D eigenvalue weighted by Gasteiger charge is -2.11. The van der Waals surface area contributed by atoms with Crippen molar-refractivity contribution in [2.24, 2.45) is 5.73 Å². The standard InChI is InChI=1S/C10H9F3N2O3/c11-4-1-5(12)9(6(13)2-4)15-10(18)7(14)3-8(16)17/h1-2,7H,3,14H2,(H,15,18)(H,16,17). The number of nitrogens with two attached hydrogens (primary N) is 1. The van der Waals surface area contributed by atoms with Crippen molar-refractivity contribution in [3.8, 4) is 0 Å². The van der Waals surface area contributed by atoms with E-state index in [0.717, 1.165) is 0 Å². The molecular weight excluding hydrogens is 253 g/mol. The van der Waals surface area contributed by atoms with E-state index in [1.54, 1.807) is 5.32 Å². The number of nitrogens with one attached hydrogen (secondary N) is 1. The molecule has 0 aliphatic carbocycles. The third kappa shape index (κ3) is 3.45. The number of hydrogen-bond donors (Lipinski definition) is 3. The highest BCUT2D eigenvalue weighted by Gasteiger charge is 2.20. The molecule has 1 aromatic rings. The molecule has 0 fully saturated rings. The van der Waals surface area contributed by atoms with Gasteiger partial charge in [0.15, 0.2) is 11.6 Å². The van der Waals surface area contributed by atoms with Crippen LogP contribution in [0.15, 0.2) is 12.1 Å². The SMILES string of the molecule is NC(CC(=O)O)C(=O)Nc1c(F)cc(F)cc1F. The Hall–Kier alpha value is -2.09. The highest BCUT2D eigenvalue weighted by molar-refractivity contribution is 5.96. The number of carboxylic acids is 1. The number of aliphatic carboxylic acids is 1. The third-order valence-corrected chi connectivity index (χ3v) is 1.99. The predicted octanol–water partition coefficient (Wildman–Crippen LogP) is 0.844. The molecule has 0 saturated carbocycles. The number of carbonyl (C=O) groups excluding carboxylic acids is 1. The predicted molar refractivity (Wildman–Crippen MR) is 55.2 cm³/mol. The first-order valence-corrected chi connectivity index (χ1v) is 4.74. The molecule has 1 rings (SSSR count). The van der Waals surface area contributed by atoms with Crippen LogP contribution in [0.2, 0.25) is 0 Å². The molecule has 1 atom stereocenters. The van der Waals surface area contributed by atoms with E-state index >= 15 is 0 Å². The lowest BCUT2D eigenvalue weighted by Crippen LogP contribution is -2.37. The summed E-state index contributed by atoms with van der Waals surface area (Å²) in [4.78, 5) is 21.6. The first kappa shape index (κ1) is 14.0. The zero-order valence-corrected chi connectivity index (χ0v) is 8.91. The summed E-state index contributed by atoms with van der Waals surface area (Å²) in [6, 6.07) is -0.714. The molecule has 5 nitrogen and oxygen atoms in total. The van der Waals surface area contributed by atoms with Gasteiger partial charge >= 0.3 is 5.97 Å². The normalized spacial score (nSPS) is 12.0. The van der Waals surface area contributed by atoms with Gasteiger partial charge in [-0.1, -0.05) is 0 Å². The van der Waals surface area contributed by atoms with Gasteiger partial charge in [-0.3, -0.25) is 9.59 Å². The van der Waals surface area contributed by atoms with E-state index in [1.807, 2.05) is 0 Å². The minimum Gasteiger partial charge on any atom is -0.481 e. The molecule has 0 aromatic heterocycles. The summed E-state index contributed by atoms with van der Waals surface area (Å²) in [5, 5.41) is 10.2. The lowest BCUT2D eigenvalue weighted by atomic mass is 10.2. The average molecular weight is 262 g/mol. The fourth-order valence-electron chi connectivity index (χ4n) is 1.16. The van der Waals surface area contributed by atoms with Crippen LogP contribution in [0, 0.1) is 17.5 Å². The Labute approximate surface area is 99.4 Å². The average Bonchev–Trinajstić information content (AvgIpc) is 2.21. The van der Waals surface area contributed by atoms with E-state index in [1.165, 1.54) is 0 Å². The molecule has 0 spiro atoms. The van der Waals surface area contributed by atoms with Crippen LogP contribution < -0.4 is 11.1 Å². The minimum atomic E-state index is -1.47. The largest absolute Gasteiger partial charge is 0.481 e. The van der Waals surface area contributed by atoms with Crippen molar-refractivity contribution < 1.29 is 27.9 Å². The van der Waals surface area contributed by atoms with E-state index in [9.17, 15) is 22.8 Å². The fourth-order valence-corrected chi connectivity index (χ4v) is 1.16. The van der Waals surface area contributed by atoms with Crippen molar-refractivity contribution in [3.63, 3.8) is 0 Å². The molecule has 0 aliphatic rings. The maximum atomic E-state index is 13.1. The second kappa shape index (κ2) is 5.50. The molecule has 1 unspecified atom stereocenters. The molecule has 0 heterocycles. The number of carboxylic acid groups (broad SMARTS) is 1. The third-order valence-electron chi connectivity index (χ3n) is 1.99. The molecule has 0 aliphatic heterocycles. The van der Waals surface area contributed by atoms with Crippen molar-refractivity contribution in [2.45, 2.75) is 12.5 Å². The summed E-state index contributed by atoms with van der Waals surface area (Å²) >= 11 is 0. The summed E-state index contributed by atoms with van der Waals surface area (Å²) in [7, 11) is 0. The van der Waals surface area contributed by atoms with Crippen LogP contribution in [-0.2, 0) is 9.59 Å². The van der Waals surface area contributed by atoms with Crippen molar-refractivity contribution in [1.82, 2.24) is 0 Å². The van der Waals surface area contributed by atoms with Crippen LogP contribution in [0.1, 0.15) is 6.42 Å². The van der Waals surface area contributed by atoms with E-state index < -0.39 is 47.5 Å². The van der Waals surface area contributed by atoms with Gasteiger partial charge in [0, 0.05) is 12.1 Å². The number of carbonyl (C=O) groups is 2. The number of amides is 1. The molecule has 1 aromatic carbocycles. The van der Waals surface area contributed by atoms with E-state index in [2.05, 4.69) is 0 Å². The Kier molecular flexibility index (Phi) is 4.27. The number of rotatable bonds is 4. The number of halogens is 3. The Bertz CT molecular complexity index is 470. The quantitative estimate of drug-likeness (QED) is 0.749. The topological polar surface area (TPSA) is 92.4 Å². The first-order chi connectivity index (χ1) is 8.31. The maximum absolute atomic E-state index is 13.1. The van der Waals surface area contributed by atoms with E-state index in [0.29, 0.717) is 12.1 Å². The zero-order valence-electron chi connectivity index (χ0n) is 8.91. The first-order valence-electron chi connectivity index (χ1n) is 4.74. The minimum absolute atomic E-state index is 0.376. The molecule has 0 radical (unpaired) electrons. The van der Waals surface area contributed by atoms with E-state index in [-0.39, 0.29) is 0 Å². The lowest BCUT2D eigenvalue weighted by molar-refractivity contribution is -0.138. The van der Waals surface area contributed by atoms with Crippen LogP contribution in [0.25, 0.3) is 0 Å². The van der Waals surface area contributed by atoms with Crippen LogP contribution >= 0.6 is 0 Å². The van der Waals surface area contributed by atoms with Gasteiger partial charge in [0.1, 0.15) is 11.5 Å².